The molecule has 0 spiro atoms. The number of anilines is 1. The summed E-state index contributed by atoms with van der Waals surface area (Å²) < 4.78 is 5.60. The molecule has 0 aliphatic heterocycles. The summed E-state index contributed by atoms with van der Waals surface area (Å²) in [7, 11) is 0. The monoisotopic (exact) mass is 316 g/mol. The van der Waals surface area contributed by atoms with Crippen LogP contribution in [0.25, 0.3) is 0 Å². The van der Waals surface area contributed by atoms with Crippen LogP contribution in [0.1, 0.15) is 24.3 Å². The van der Waals surface area contributed by atoms with Gasteiger partial charge in [-0.1, -0.05) is 23.2 Å². The highest BCUT2D eigenvalue weighted by Gasteiger charge is 2.09. The van der Waals surface area contributed by atoms with Crippen molar-refractivity contribution in [3.8, 4) is 5.75 Å². The lowest BCUT2D eigenvalue weighted by atomic mass is 10.2. The SMILES string of the molecule is CC(C)=CCOc1cc(NC(=O)c2ccccn2)ccc1Cl. The number of nitrogens with one attached hydrogen (secondary N) is 1. The van der Waals surface area contributed by atoms with Gasteiger partial charge in [0, 0.05) is 18.0 Å². The van der Waals surface area contributed by atoms with Crippen LogP contribution in [0.3, 0.4) is 0 Å². The van der Waals surface area contributed by atoms with E-state index < -0.39 is 0 Å². The molecular formula is C17H17ClN2O2. The van der Waals surface area contributed by atoms with Crippen LogP contribution >= 0.6 is 11.6 Å². The van der Waals surface area contributed by atoms with Crippen LogP contribution in [0.15, 0.2) is 54.2 Å². The fourth-order valence-electron chi connectivity index (χ4n) is 1.68. The Morgan fingerprint density at radius 3 is 2.82 bits per heavy atom. The molecule has 0 aliphatic carbocycles. The summed E-state index contributed by atoms with van der Waals surface area (Å²) >= 11 is 6.09. The molecule has 0 saturated heterocycles. The highest BCUT2D eigenvalue weighted by Crippen LogP contribution is 2.28. The van der Waals surface area contributed by atoms with Gasteiger partial charge in [-0.25, -0.2) is 0 Å². The molecule has 1 N–H and O–H groups in total. The van der Waals surface area contributed by atoms with E-state index >= 15 is 0 Å². The number of hydrogen-bond acceptors (Lipinski definition) is 3. The number of nitrogens with zero attached hydrogens (tertiary/aromatic N) is 1. The second kappa shape index (κ2) is 7.61. The molecule has 2 rings (SSSR count). The quantitative estimate of drug-likeness (QED) is 0.835. The number of pyridine rings is 1. The molecule has 0 fully saturated rings. The number of halogens is 1. The summed E-state index contributed by atoms with van der Waals surface area (Å²) in [5.41, 5.74) is 2.12. The topological polar surface area (TPSA) is 51.2 Å². The first-order chi connectivity index (χ1) is 10.6. The first-order valence-corrected chi connectivity index (χ1v) is 7.22. The van der Waals surface area contributed by atoms with E-state index in [-0.39, 0.29) is 5.91 Å². The Hall–Kier alpha value is -2.33. The number of allylic oxidation sites excluding steroid dienone is 1. The third-order valence-electron chi connectivity index (χ3n) is 2.82. The average molecular weight is 317 g/mol. The number of carbonyl (C=O) groups excluding carboxylic acids is 1. The molecule has 114 valence electrons. The van der Waals surface area contributed by atoms with E-state index in [9.17, 15) is 4.79 Å². The van der Waals surface area contributed by atoms with Crippen LogP contribution in [0.2, 0.25) is 5.02 Å². The lowest BCUT2D eigenvalue weighted by Crippen LogP contribution is -2.13. The Balaban J connectivity index is 2.09. The first-order valence-electron chi connectivity index (χ1n) is 6.84. The second-order valence-electron chi connectivity index (χ2n) is 4.91. The van der Waals surface area contributed by atoms with Gasteiger partial charge in [-0.3, -0.25) is 9.78 Å². The summed E-state index contributed by atoms with van der Waals surface area (Å²) in [6.45, 7) is 4.42. The van der Waals surface area contributed by atoms with Crippen molar-refractivity contribution in [1.82, 2.24) is 4.98 Å². The van der Waals surface area contributed by atoms with Gasteiger partial charge in [0.25, 0.3) is 5.91 Å². The van der Waals surface area contributed by atoms with Crippen LogP contribution in [-0.4, -0.2) is 17.5 Å². The normalized spacial score (nSPS) is 9.95. The summed E-state index contributed by atoms with van der Waals surface area (Å²) in [5.74, 6) is 0.246. The van der Waals surface area contributed by atoms with E-state index in [1.807, 2.05) is 19.9 Å². The highest BCUT2D eigenvalue weighted by molar-refractivity contribution is 6.32. The Kier molecular flexibility index (Phi) is 5.55. The summed E-state index contributed by atoms with van der Waals surface area (Å²) in [5, 5.41) is 3.27. The summed E-state index contributed by atoms with van der Waals surface area (Å²) in [4.78, 5) is 16.1. The first kappa shape index (κ1) is 16.0. The lowest BCUT2D eigenvalue weighted by molar-refractivity contribution is 0.102. The molecule has 0 aliphatic rings. The molecule has 0 bridgehead atoms. The van der Waals surface area contributed by atoms with Crippen molar-refractivity contribution in [2.24, 2.45) is 0 Å². The lowest BCUT2D eigenvalue weighted by Gasteiger charge is -2.10. The molecule has 4 nitrogen and oxygen atoms in total. The van der Waals surface area contributed by atoms with Crippen LogP contribution in [0.4, 0.5) is 5.69 Å². The van der Waals surface area contributed by atoms with Crippen molar-refractivity contribution in [3.05, 3.63) is 65.0 Å². The number of carbonyl (C=O) groups is 1. The van der Waals surface area contributed by atoms with E-state index in [2.05, 4.69) is 10.3 Å². The minimum atomic E-state index is -0.279. The molecule has 22 heavy (non-hydrogen) atoms. The zero-order valence-electron chi connectivity index (χ0n) is 12.5. The van der Waals surface area contributed by atoms with E-state index in [1.54, 1.807) is 42.6 Å². The Labute approximate surface area is 134 Å². The van der Waals surface area contributed by atoms with E-state index in [1.165, 1.54) is 0 Å². The minimum Gasteiger partial charge on any atom is -0.488 e. The van der Waals surface area contributed by atoms with Crippen molar-refractivity contribution >= 4 is 23.2 Å². The molecule has 0 radical (unpaired) electrons. The zero-order chi connectivity index (χ0) is 15.9. The minimum absolute atomic E-state index is 0.279. The maximum atomic E-state index is 12.1. The molecule has 5 heteroatoms. The molecule has 0 saturated carbocycles. The van der Waals surface area contributed by atoms with Gasteiger partial charge in [0.1, 0.15) is 18.1 Å². The van der Waals surface area contributed by atoms with Crippen LogP contribution in [0, 0.1) is 0 Å². The number of aromatic nitrogens is 1. The van der Waals surface area contributed by atoms with Gasteiger partial charge in [-0.2, -0.15) is 0 Å². The maximum Gasteiger partial charge on any atom is 0.274 e. The maximum absolute atomic E-state index is 12.1. The van der Waals surface area contributed by atoms with Crippen LogP contribution in [0.5, 0.6) is 5.75 Å². The highest BCUT2D eigenvalue weighted by atomic mass is 35.5. The molecule has 0 atom stereocenters. The largest absolute Gasteiger partial charge is 0.488 e. The Morgan fingerprint density at radius 1 is 1.32 bits per heavy atom. The average Bonchev–Trinajstić information content (AvgIpc) is 2.51. The predicted molar refractivity (Wildman–Crippen MR) is 88.6 cm³/mol. The Morgan fingerprint density at radius 2 is 2.14 bits per heavy atom. The molecular weight excluding hydrogens is 300 g/mol. The zero-order valence-corrected chi connectivity index (χ0v) is 13.2. The van der Waals surface area contributed by atoms with Gasteiger partial charge >= 0.3 is 0 Å². The Bertz CT molecular complexity index is 680. The molecule has 2 aromatic rings. The van der Waals surface area contributed by atoms with Crippen molar-refractivity contribution in [2.45, 2.75) is 13.8 Å². The van der Waals surface area contributed by atoms with Gasteiger partial charge in [-0.05, 0) is 44.2 Å². The number of benzene rings is 1. The van der Waals surface area contributed by atoms with E-state index in [0.717, 1.165) is 5.57 Å². The van der Waals surface area contributed by atoms with Gasteiger partial charge in [-0.15, -0.1) is 0 Å². The second-order valence-corrected chi connectivity index (χ2v) is 5.31. The number of amides is 1. The van der Waals surface area contributed by atoms with Gasteiger partial charge in [0.15, 0.2) is 0 Å². The van der Waals surface area contributed by atoms with Gasteiger partial charge in [0.2, 0.25) is 0 Å². The summed E-state index contributed by atoms with van der Waals surface area (Å²) in [6.07, 6.45) is 3.53. The van der Waals surface area contributed by atoms with E-state index in [4.69, 9.17) is 16.3 Å². The fraction of sp³-hybridized carbons (Fsp3) is 0.176. The van der Waals surface area contributed by atoms with Crippen molar-refractivity contribution < 1.29 is 9.53 Å². The number of rotatable bonds is 5. The van der Waals surface area contributed by atoms with Crippen molar-refractivity contribution in [2.75, 3.05) is 11.9 Å². The third-order valence-corrected chi connectivity index (χ3v) is 3.13. The van der Waals surface area contributed by atoms with E-state index in [0.29, 0.717) is 28.8 Å². The predicted octanol–water partition coefficient (Wildman–Crippen LogP) is 4.33. The van der Waals surface area contributed by atoms with Gasteiger partial charge in [0.05, 0.1) is 5.02 Å². The van der Waals surface area contributed by atoms with Crippen LogP contribution in [-0.2, 0) is 0 Å². The number of ether oxygens (including phenoxy) is 1. The fourth-order valence-corrected chi connectivity index (χ4v) is 1.85. The van der Waals surface area contributed by atoms with Crippen LogP contribution < -0.4 is 10.1 Å². The molecule has 1 aromatic carbocycles. The smallest absolute Gasteiger partial charge is 0.274 e. The molecule has 1 heterocycles. The molecule has 1 aromatic heterocycles. The third kappa shape index (κ3) is 4.60. The molecule has 0 unspecified atom stereocenters. The van der Waals surface area contributed by atoms with Crippen molar-refractivity contribution in [3.63, 3.8) is 0 Å². The number of hydrogen-bond donors (Lipinski definition) is 1. The van der Waals surface area contributed by atoms with Crippen molar-refractivity contribution in [1.29, 1.82) is 0 Å². The summed E-state index contributed by atoms with van der Waals surface area (Å²) in [6, 6.07) is 10.3. The molecule has 1 amide bonds. The standard InChI is InChI=1S/C17H17ClN2O2/c1-12(2)8-10-22-16-11-13(6-7-14(16)18)20-17(21)15-5-3-4-9-19-15/h3-9,11H,10H2,1-2H3,(H,20,21). The van der Waals surface area contributed by atoms with Gasteiger partial charge < -0.3 is 10.1 Å².